The summed E-state index contributed by atoms with van der Waals surface area (Å²) in [6.45, 7) is 5.68. The molecule has 1 aliphatic rings. The minimum absolute atomic E-state index is 0.141. The molecule has 1 saturated heterocycles. The molecular weight excluding hydrogens is 949 g/mol. The van der Waals surface area contributed by atoms with Crippen LogP contribution in [0.4, 0.5) is 0 Å². The lowest BCUT2D eigenvalue weighted by molar-refractivity contribution is -0.301. The van der Waals surface area contributed by atoms with Crippen molar-refractivity contribution in [3.05, 3.63) is 109 Å². The fourth-order valence-corrected chi connectivity index (χ4v) is 8.02. The van der Waals surface area contributed by atoms with Gasteiger partial charge in [-0.25, -0.2) is 4.79 Å². The van der Waals surface area contributed by atoms with Gasteiger partial charge in [0.2, 0.25) is 0 Å². The standard InChI is InChI=1S/C63H100O12/c1-4-7-10-13-16-19-22-25-28-31-34-37-40-43-46-49-55(64)71-52-54(73-56(65)50-47-44-41-38-35-32-29-26-23-20-17-14-11-8-5-2)53-72-63-61(59(68)58(67)60(75-63)62(69)70)74-57(66)51-48-45-42-39-36-33-30-27-24-21-18-15-12-9-6-3/h7,9-10,12,16,18-19,21,25,27-28,30,34,36-37,39,45,48,54,58-61,63,67-68H,4-6,8,11,13-15,17,20,22-24,26,29,31-33,35,38,40-44,46-47,49-53H2,1-3H3,(H,69,70)/b10-7-,12-9-,19-16-,21-18-,28-25-,30-27-,37-34-,39-36-,48-45-. The molecule has 3 N–H and O–H groups in total. The second kappa shape index (κ2) is 50.2. The number of carboxylic acid groups (broad SMARTS) is 1. The van der Waals surface area contributed by atoms with Crippen LogP contribution in [-0.4, -0.2) is 89.2 Å². The molecular formula is C63H100O12. The molecule has 0 bridgehead atoms. The van der Waals surface area contributed by atoms with Crippen LogP contribution in [-0.2, 0) is 42.9 Å². The zero-order chi connectivity index (χ0) is 54.7. The Bertz CT molecular complexity index is 1720. The van der Waals surface area contributed by atoms with E-state index in [2.05, 4.69) is 106 Å². The monoisotopic (exact) mass is 1050 g/mol. The number of aliphatic hydroxyl groups is 2. The molecule has 1 rings (SSSR count). The molecule has 1 aliphatic heterocycles. The van der Waals surface area contributed by atoms with Crippen LogP contribution in [0.1, 0.15) is 213 Å². The second-order valence-electron chi connectivity index (χ2n) is 19.2. The fourth-order valence-electron chi connectivity index (χ4n) is 8.02. The molecule has 0 aromatic carbocycles. The third-order valence-corrected chi connectivity index (χ3v) is 12.4. The quantitative estimate of drug-likeness (QED) is 0.0228. The summed E-state index contributed by atoms with van der Waals surface area (Å²) in [5, 5.41) is 31.4. The van der Waals surface area contributed by atoms with Gasteiger partial charge in [-0.3, -0.25) is 14.4 Å². The lowest BCUT2D eigenvalue weighted by Gasteiger charge is -2.40. The predicted octanol–water partition coefficient (Wildman–Crippen LogP) is 14.7. The zero-order valence-corrected chi connectivity index (χ0v) is 46.5. The molecule has 6 unspecified atom stereocenters. The topological polar surface area (TPSA) is 175 Å². The van der Waals surface area contributed by atoms with Crippen molar-refractivity contribution in [2.75, 3.05) is 13.2 Å². The smallest absolute Gasteiger partial charge is 0.335 e. The minimum Gasteiger partial charge on any atom is -0.479 e. The van der Waals surface area contributed by atoms with Gasteiger partial charge in [-0.2, -0.15) is 0 Å². The molecule has 0 amide bonds. The number of carbonyl (C=O) groups excluding carboxylic acids is 3. The SMILES string of the molecule is CC/C=C\C/C=C\C/C=C\C/C=C\C/C=C\CC(=O)OC1C(OCC(COC(=O)CCCC/C=C\C/C=C\C/C=C\C/C=C\CC)OC(=O)CCCCCCCCCCCCCCCCC)OC(C(=O)O)C(O)C1O. The predicted molar refractivity (Wildman–Crippen MR) is 303 cm³/mol. The van der Waals surface area contributed by atoms with E-state index in [0.29, 0.717) is 19.3 Å². The van der Waals surface area contributed by atoms with Crippen LogP contribution in [0.2, 0.25) is 0 Å². The maximum absolute atomic E-state index is 13.1. The van der Waals surface area contributed by atoms with Gasteiger partial charge >= 0.3 is 23.9 Å². The summed E-state index contributed by atoms with van der Waals surface area (Å²) in [5.74, 6) is -3.35. The van der Waals surface area contributed by atoms with Gasteiger partial charge in [-0.05, 0) is 83.5 Å². The molecule has 1 fully saturated rings. The highest BCUT2D eigenvalue weighted by Gasteiger charge is 2.50. The molecule has 75 heavy (non-hydrogen) atoms. The summed E-state index contributed by atoms with van der Waals surface area (Å²) in [5.41, 5.74) is 0. The van der Waals surface area contributed by atoms with E-state index in [0.717, 1.165) is 83.5 Å². The number of aliphatic hydroxyl groups excluding tert-OH is 2. The normalized spacial score (nSPS) is 19.0. The number of esters is 3. The van der Waals surface area contributed by atoms with E-state index in [-0.39, 0.29) is 25.9 Å². The lowest BCUT2D eigenvalue weighted by atomic mass is 9.98. The molecule has 0 spiro atoms. The van der Waals surface area contributed by atoms with Crippen molar-refractivity contribution < 1.29 is 58.2 Å². The van der Waals surface area contributed by atoms with Crippen LogP contribution in [0.3, 0.4) is 0 Å². The molecule has 1 heterocycles. The Balaban J connectivity index is 2.78. The molecule has 0 radical (unpaired) electrons. The number of allylic oxidation sites excluding steroid dienone is 17. The van der Waals surface area contributed by atoms with Crippen LogP contribution >= 0.6 is 0 Å². The van der Waals surface area contributed by atoms with Gasteiger partial charge in [0.15, 0.2) is 24.6 Å². The minimum atomic E-state index is -1.94. The van der Waals surface area contributed by atoms with Crippen LogP contribution in [0.5, 0.6) is 0 Å². The van der Waals surface area contributed by atoms with Crippen molar-refractivity contribution >= 4 is 23.9 Å². The number of carboxylic acids is 1. The Labute approximate surface area is 453 Å². The average Bonchev–Trinajstić information content (AvgIpc) is 3.39. The molecule has 0 aliphatic carbocycles. The Hall–Kier alpha value is -4.62. The Morgan fingerprint density at radius 1 is 0.467 bits per heavy atom. The molecule has 0 aromatic heterocycles. The zero-order valence-electron chi connectivity index (χ0n) is 46.5. The largest absolute Gasteiger partial charge is 0.479 e. The van der Waals surface area contributed by atoms with Crippen molar-refractivity contribution in [3.8, 4) is 0 Å². The molecule has 0 aromatic rings. The van der Waals surface area contributed by atoms with Gasteiger partial charge in [-0.15, -0.1) is 0 Å². The number of unbranched alkanes of at least 4 members (excludes halogenated alkanes) is 16. The molecule has 6 atom stereocenters. The van der Waals surface area contributed by atoms with E-state index in [9.17, 15) is 34.5 Å². The maximum Gasteiger partial charge on any atom is 0.335 e. The second-order valence-corrected chi connectivity index (χ2v) is 19.2. The van der Waals surface area contributed by atoms with Crippen molar-refractivity contribution in [1.29, 1.82) is 0 Å². The van der Waals surface area contributed by atoms with Crippen molar-refractivity contribution in [2.24, 2.45) is 0 Å². The van der Waals surface area contributed by atoms with E-state index < -0.39 is 67.3 Å². The summed E-state index contributed by atoms with van der Waals surface area (Å²) < 4.78 is 28.2. The van der Waals surface area contributed by atoms with Crippen LogP contribution in [0, 0.1) is 0 Å². The number of ether oxygens (including phenoxy) is 5. The van der Waals surface area contributed by atoms with E-state index in [1.807, 2.05) is 12.2 Å². The van der Waals surface area contributed by atoms with Gasteiger partial charge in [0, 0.05) is 12.8 Å². The van der Waals surface area contributed by atoms with Gasteiger partial charge in [0.25, 0.3) is 0 Å². The number of carbonyl (C=O) groups is 4. The molecule has 12 heteroatoms. The lowest BCUT2D eigenvalue weighted by Crippen LogP contribution is -2.61. The summed E-state index contributed by atoms with van der Waals surface area (Å²) in [7, 11) is 0. The van der Waals surface area contributed by atoms with E-state index in [1.165, 1.54) is 70.6 Å². The highest BCUT2D eigenvalue weighted by atomic mass is 16.7. The number of rotatable bonds is 47. The summed E-state index contributed by atoms with van der Waals surface area (Å²) in [6.07, 6.45) is 55.2. The summed E-state index contributed by atoms with van der Waals surface area (Å²) in [4.78, 5) is 51.0. The third-order valence-electron chi connectivity index (χ3n) is 12.4. The first-order valence-corrected chi connectivity index (χ1v) is 28.9. The highest BCUT2D eigenvalue weighted by molar-refractivity contribution is 5.74. The van der Waals surface area contributed by atoms with E-state index >= 15 is 0 Å². The van der Waals surface area contributed by atoms with Crippen molar-refractivity contribution in [1.82, 2.24) is 0 Å². The third kappa shape index (κ3) is 40.3. The highest BCUT2D eigenvalue weighted by Crippen LogP contribution is 2.26. The van der Waals surface area contributed by atoms with Crippen molar-refractivity contribution in [3.63, 3.8) is 0 Å². The number of hydrogen-bond acceptors (Lipinski definition) is 11. The average molecular weight is 1050 g/mol. The van der Waals surface area contributed by atoms with Crippen molar-refractivity contribution in [2.45, 2.75) is 250 Å². The number of hydrogen-bond donors (Lipinski definition) is 3. The van der Waals surface area contributed by atoms with Crippen LogP contribution < -0.4 is 0 Å². The van der Waals surface area contributed by atoms with Gasteiger partial charge in [0.05, 0.1) is 13.0 Å². The first kappa shape index (κ1) is 68.4. The maximum atomic E-state index is 13.1. The fraction of sp³-hybridized carbons (Fsp3) is 0.651. The first-order valence-electron chi connectivity index (χ1n) is 28.9. The van der Waals surface area contributed by atoms with E-state index in [1.54, 1.807) is 12.2 Å². The summed E-state index contributed by atoms with van der Waals surface area (Å²) >= 11 is 0. The number of aliphatic carboxylic acids is 1. The van der Waals surface area contributed by atoms with Crippen LogP contribution in [0.25, 0.3) is 0 Å². The van der Waals surface area contributed by atoms with E-state index in [4.69, 9.17) is 23.7 Å². The van der Waals surface area contributed by atoms with Crippen LogP contribution in [0.15, 0.2) is 109 Å². The Morgan fingerprint density at radius 3 is 1.35 bits per heavy atom. The molecule has 424 valence electrons. The molecule has 12 nitrogen and oxygen atoms in total. The van der Waals surface area contributed by atoms with Gasteiger partial charge in [-0.1, -0.05) is 220 Å². The van der Waals surface area contributed by atoms with Gasteiger partial charge in [0.1, 0.15) is 18.8 Å². The molecule has 0 saturated carbocycles. The Morgan fingerprint density at radius 2 is 0.880 bits per heavy atom. The summed E-state index contributed by atoms with van der Waals surface area (Å²) in [6, 6.07) is 0. The first-order chi connectivity index (χ1) is 36.6. The van der Waals surface area contributed by atoms with Gasteiger partial charge < -0.3 is 39.0 Å². The Kier molecular flexibility index (Phi) is 45.8.